The molecular weight excluding hydrogens is 250 g/mol. The van der Waals surface area contributed by atoms with E-state index in [0.29, 0.717) is 5.92 Å². The summed E-state index contributed by atoms with van der Waals surface area (Å²) in [4.78, 5) is 4.81. The van der Waals surface area contributed by atoms with Crippen LogP contribution in [0.15, 0.2) is 18.2 Å². The van der Waals surface area contributed by atoms with Crippen LogP contribution in [0.5, 0.6) is 0 Å². The van der Waals surface area contributed by atoms with Gasteiger partial charge in [0.2, 0.25) is 0 Å². The average molecular weight is 273 g/mol. The lowest BCUT2D eigenvalue weighted by Gasteiger charge is -2.08. The second-order valence-electron chi connectivity index (χ2n) is 5.70. The number of hydrogen-bond acceptors (Lipinski definition) is 3. The van der Waals surface area contributed by atoms with Crippen molar-refractivity contribution in [3.8, 4) is 0 Å². The molecule has 0 spiro atoms. The monoisotopic (exact) mass is 273 g/mol. The maximum Gasteiger partial charge on any atom is 0.112 e. The highest BCUT2D eigenvalue weighted by atomic mass is 16.5. The number of rotatable bonds is 7. The van der Waals surface area contributed by atoms with E-state index in [4.69, 9.17) is 15.5 Å². The van der Waals surface area contributed by atoms with E-state index in [-0.39, 0.29) is 0 Å². The number of methoxy groups -OCH3 is 1. The third kappa shape index (κ3) is 2.80. The molecule has 0 amide bonds. The number of ether oxygens (including phenoxy) is 1. The number of nitrogens with zero attached hydrogens (tertiary/aromatic N) is 2. The van der Waals surface area contributed by atoms with Crippen LogP contribution in [-0.2, 0) is 11.3 Å². The van der Waals surface area contributed by atoms with Gasteiger partial charge in [-0.25, -0.2) is 4.98 Å². The largest absolute Gasteiger partial charge is 0.399 e. The fourth-order valence-electron chi connectivity index (χ4n) is 2.75. The SMILES string of the molecule is COCCCCCn1c(C2CC2)nc2cc(N)ccc21. The molecule has 0 aliphatic heterocycles. The molecule has 2 N–H and O–H groups in total. The fraction of sp³-hybridized carbons (Fsp3) is 0.562. The van der Waals surface area contributed by atoms with Crippen LogP contribution in [0.1, 0.15) is 43.8 Å². The van der Waals surface area contributed by atoms with Crippen molar-refractivity contribution < 1.29 is 4.74 Å². The minimum Gasteiger partial charge on any atom is -0.399 e. The van der Waals surface area contributed by atoms with Crippen LogP contribution in [0, 0.1) is 0 Å². The van der Waals surface area contributed by atoms with Gasteiger partial charge in [0.15, 0.2) is 0 Å². The summed E-state index contributed by atoms with van der Waals surface area (Å²) < 4.78 is 7.50. The summed E-state index contributed by atoms with van der Waals surface area (Å²) in [6.45, 7) is 1.91. The minimum atomic E-state index is 0.669. The van der Waals surface area contributed by atoms with E-state index in [1.54, 1.807) is 7.11 Å². The van der Waals surface area contributed by atoms with Crippen LogP contribution in [-0.4, -0.2) is 23.3 Å². The summed E-state index contributed by atoms with van der Waals surface area (Å²) in [5.74, 6) is 1.93. The molecule has 1 aliphatic carbocycles. The highest BCUT2D eigenvalue weighted by molar-refractivity contribution is 5.79. The Labute approximate surface area is 119 Å². The zero-order chi connectivity index (χ0) is 13.9. The van der Waals surface area contributed by atoms with Crippen molar-refractivity contribution in [3.05, 3.63) is 24.0 Å². The van der Waals surface area contributed by atoms with Crippen molar-refractivity contribution in [2.75, 3.05) is 19.5 Å². The molecule has 4 heteroatoms. The standard InChI is InChI=1S/C16H23N3O/c1-20-10-4-2-3-9-19-15-8-7-13(17)11-14(15)18-16(19)12-5-6-12/h7-8,11-12H,2-6,9-10,17H2,1H3. The Bertz CT molecular complexity index is 587. The minimum absolute atomic E-state index is 0.669. The van der Waals surface area contributed by atoms with Gasteiger partial charge in [-0.3, -0.25) is 0 Å². The van der Waals surface area contributed by atoms with Gasteiger partial charge >= 0.3 is 0 Å². The van der Waals surface area contributed by atoms with Crippen molar-refractivity contribution >= 4 is 16.7 Å². The number of unbranched alkanes of at least 4 members (excludes halogenated alkanes) is 2. The number of aromatic nitrogens is 2. The van der Waals surface area contributed by atoms with E-state index in [1.165, 1.54) is 37.0 Å². The molecule has 1 aromatic heterocycles. The second kappa shape index (κ2) is 5.83. The van der Waals surface area contributed by atoms with E-state index in [9.17, 15) is 0 Å². The molecule has 3 rings (SSSR count). The van der Waals surface area contributed by atoms with Crippen molar-refractivity contribution in [3.63, 3.8) is 0 Å². The topological polar surface area (TPSA) is 53.1 Å². The number of benzene rings is 1. The maximum atomic E-state index is 5.87. The predicted molar refractivity (Wildman–Crippen MR) is 81.8 cm³/mol. The number of nitrogen functional groups attached to an aromatic ring is 1. The Morgan fingerprint density at radius 2 is 2.15 bits per heavy atom. The Morgan fingerprint density at radius 1 is 1.30 bits per heavy atom. The molecular formula is C16H23N3O. The van der Waals surface area contributed by atoms with Crippen LogP contribution in [0.3, 0.4) is 0 Å². The van der Waals surface area contributed by atoms with E-state index in [1.807, 2.05) is 12.1 Å². The maximum absolute atomic E-state index is 5.87. The number of anilines is 1. The number of aryl methyl sites for hydroxylation is 1. The first-order valence-electron chi connectivity index (χ1n) is 7.54. The van der Waals surface area contributed by atoms with Crippen LogP contribution in [0.4, 0.5) is 5.69 Å². The highest BCUT2D eigenvalue weighted by Crippen LogP contribution is 2.41. The zero-order valence-corrected chi connectivity index (χ0v) is 12.1. The molecule has 0 saturated heterocycles. The number of fused-ring (bicyclic) bond motifs is 1. The van der Waals surface area contributed by atoms with Crippen LogP contribution in [0.25, 0.3) is 11.0 Å². The summed E-state index contributed by atoms with van der Waals surface area (Å²) in [5.41, 5.74) is 8.94. The van der Waals surface area contributed by atoms with Gasteiger partial charge in [-0.1, -0.05) is 0 Å². The number of imidazole rings is 1. The van der Waals surface area contributed by atoms with Gasteiger partial charge < -0.3 is 15.0 Å². The van der Waals surface area contributed by atoms with Crippen LogP contribution in [0.2, 0.25) is 0 Å². The normalized spacial score (nSPS) is 15.1. The van der Waals surface area contributed by atoms with Gasteiger partial charge in [0, 0.05) is 31.9 Å². The van der Waals surface area contributed by atoms with Gasteiger partial charge in [-0.2, -0.15) is 0 Å². The molecule has 0 atom stereocenters. The van der Waals surface area contributed by atoms with Crippen molar-refractivity contribution in [1.29, 1.82) is 0 Å². The van der Waals surface area contributed by atoms with E-state index in [0.717, 1.165) is 30.8 Å². The first-order valence-corrected chi connectivity index (χ1v) is 7.54. The molecule has 1 fully saturated rings. The van der Waals surface area contributed by atoms with E-state index >= 15 is 0 Å². The van der Waals surface area contributed by atoms with E-state index in [2.05, 4.69) is 10.6 Å². The molecule has 0 bridgehead atoms. The summed E-state index contributed by atoms with van der Waals surface area (Å²) in [7, 11) is 1.76. The average Bonchev–Trinajstić information content (AvgIpc) is 3.22. The number of nitrogens with two attached hydrogens (primary N) is 1. The lowest BCUT2D eigenvalue weighted by molar-refractivity contribution is 0.191. The summed E-state index contributed by atoms with van der Waals surface area (Å²) in [5, 5.41) is 0. The molecule has 1 aromatic carbocycles. The van der Waals surface area contributed by atoms with Crippen molar-refractivity contribution in [2.45, 2.75) is 44.6 Å². The van der Waals surface area contributed by atoms with Gasteiger partial charge in [-0.15, -0.1) is 0 Å². The third-order valence-corrected chi connectivity index (χ3v) is 3.97. The van der Waals surface area contributed by atoms with E-state index < -0.39 is 0 Å². The molecule has 20 heavy (non-hydrogen) atoms. The van der Waals surface area contributed by atoms with Gasteiger partial charge in [0.1, 0.15) is 5.82 Å². The predicted octanol–water partition coefficient (Wildman–Crippen LogP) is 3.31. The van der Waals surface area contributed by atoms with Crippen LogP contribution >= 0.6 is 0 Å². The highest BCUT2D eigenvalue weighted by Gasteiger charge is 2.29. The van der Waals surface area contributed by atoms with Crippen molar-refractivity contribution in [1.82, 2.24) is 9.55 Å². The van der Waals surface area contributed by atoms with Gasteiger partial charge in [-0.05, 0) is 50.3 Å². The number of hydrogen-bond donors (Lipinski definition) is 1. The molecule has 1 aliphatic rings. The zero-order valence-electron chi connectivity index (χ0n) is 12.1. The van der Waals surface area contributed by atoms with Gasteiger partial charge in [0.25, 0.3) is 0 Å². The first-order chi connectivity index (χ1) is 9.79. The van der Waals surface area contributed by atoms with Crippen molar-refractivity contribution in [2.24, 2.45) is 0 Å². The second-order valence-corrected chi connectivity index (χ2v) is 5.70. The first kappa shape index (κ1) is 13.4. The molecule has 108 valence electrons. The molecule has 1 saturated carbocycles. The molecule has 2 aromatic rings. The lowest BCUT2D eigenvalue weighted by atomic mass is 10.2. The molecule has 0 unspecified atom stereocenters. The fourth-order valence-corrected chi connectivity index (χ4v) is 2.75. The summed E-state index contributed by atoms with van der Waals surface area (Å²) >= 11 is 0. The quantitative estimate of drug-likeness (QED) is 0.622. The third-order valence-electron chi connectivity index (χ3n) is 3.97. The Balaban J connectivity index is 1.78. The van der Waals surface area contributed by atoms with Crippen LogP contribution < -0.4 is 5.73 Å². The molecule has 1 heterocycles. The molecule has 4 nitrogen and oxygen atoms in total. The smallest absolute Gasteiger partial charge is 0.112 e. The lowest BCUT2D eigenvalue weighted by Crippen LogP contribution is -2.03. The summed E-state index contributed by atoms with van der Waals surface area (Å²) in [6, 6.07) is 6.07. The Morgan fingerprint density at radius 3 is 2.90 bits per heavy atom. The molecule has 0 radical (unpaired) electrons. The Kier molecular flexibility index (Phi) is 3.92. The summed E-state index contributed by atoms with van der Waals surface area (Å²) in [6.07, 6.45) is 6.07. The van der Waals surface area contributed by atoms with Gasteiger partial charge in [0.05, 0.1) is 11.0 Å². The Hall–Kier alpha value is -1.55.